The van der Waals surface area contributed by atoms with Crippen molar-refractivity contribution in [3.05, 3.63) is 34.9 Å². The predicted molar refractivity (Wildman–Crippen MR) is 62.6 cm³/mol. The van der Waals surface area contributed by atoms with Crippen molar-refractivity contribution in [2.24, 2.45) is 5.41 Å². The van der Waals surface area contributed by atoms with Crippen LogP contribution in [-0.4, -0.2) is 5.78 Å². The van der Waals surface area contributed by atoms with E-state index >= 15 is 0 Å². The molecular weight excluding hydrogens is 298 g/mol. The molecule has 1 aliphatic rings. The van der Waals surface area contributed by atoms with Crippen LogP contribution in [0.25, 0.3) is 0 Å². The summed E-state index contributed by atoms with van der Waals surface area (Å²) in [6, 6.07) is 1.50. The van der Waals surface area contributed by atoms with E-state index in [0.29, 0.717) is 12.1 Å². The Morgan fingerprint density at radius 3 is 1.67 bits per heavy atom. The van der Waals surface area contributed by atoms with E-state index in [1.165, 1.54) is 13.8 Å². The van der Waals surface area contributed by atoms with Gasteiger partial charge in [0.25, 0.3) is 0 Å². The molecule has 0 bridgehead atoms. The molecule has 1 fully saturated rings. The SMILES string of the molecule is CC1(C)C(=O)CC1c1cc(C(F)(F)F)cc(C(F)(F)F)c1. The normalized spacial score (nSPS) is 22.1. The van der Waals surface area contributed by atoms with Crippen molar-refractivity contribution >= 4 is 5.78 Å². The molecule has 7 heteroatoms. The molecule has 1 nitrogen and oxygen atoms in total. The molecule has 0 aliphatic heterocycles. The van der Waals surface area contributed by atoms with E-state index in [4.69, 9.17) is 0 Å². The van der Waals surface area contributed by atoms with Crippen molar-refractivity contribution in [1.29, 1.82) is 0 Å². The maximum Gasteiger partial charge on any atom is 0.416 e. The third-order valence-electron chi connectivity index (χ3n) is 3.99. The molecule has 0 spiro atoms. The molecular formula is C14H12F6O. The lowest BCUT2D eigenvalue weighted by atomic mass is 9.59. The van der Waals surface area contributed by atoms with Crippen LogP contribution in [0.15, 0.2) is 18.2 Å². The van der Waals surface area contributed by atoms with E-state index in [1.54, 1.807) is 0 Å². The Kier molecular flexibility index (Phi) is 3.38. The van der Waals surface area contributed by atoms with Crippen molar-refractivity contribution in [3.63, 3.8) is 0 Å². The van der Waals surface area contributed by atoms with E-state index in [9.17, 15) is 31.1 Å². The number of carbonyl (C=O) groups is 1. The lowest BCUT2D eigenvalue weighted by molar-refractivity contribution is -0.143. The van der Waals surface area contributed by atoms with Gasteiger partial charge in [-0.25, -0.2) is 0 Å². The standard InChI is InChI=1S/C14H12F6O/c1-12(2)10(6-11(12)21)7-3-8(13(15,16)17)5-9(4-7)14(18,19)20/h3-5,10H,6H2,1-2H3. The minimum Gasteiger partial charge on any atom is -0.299 e. The van der Waals surface area contributed by atoms with Crippen LogP contribution in [0.2, 0.25) is 0 Å². The maximum atomic E-state index is 12.8. The Labute approximate surface area is 116 Å². The van der Waals surface area contributed by atoms with Gasteiger partial charge in [-0.1, -0.05) is 13.8 Å². The second-order valence-electron chi connectivity index (χ2n) is 5.74. The number of hydrogen-bond donors (Lipinski definition) is 0. The lowest BCUT2D eigenvalue weighted by Gasteiger charge is -2.43. The van der Waals surface area contributed by atoms with Gasteiger partial charge in [0.1, 0.15) is 5.78 Å². The van der Waals surface area contributed by atoms with Gasteiger partial charge in [-0.05, 0) is 23.8 Å². The molecule has 1 atom stereocenters. The topological polar surface area (TPSA) is 17.1 Å². The summed E-state index contributed by atoms with van der Waals surface area (Å²) < 4.78 is 76.5. The minimum absolute atomic E-state index is 0.0361. The van der Waals surface area contributed by atoms with Crippen LogP contribution < -0.4 is 0 Å². The van der Waals surface area contributed by atoms with Gasteiger partial charge in [0.05, 0.1) is 11.1 Å². The Morgan fingerprint density at radius 1 is 0.952 bits per heavy atom. The Bertz CT molecular complexity index is 550. The number of alkyl halides is 6. The second kappa shape index (κ2) is 4.48. The molecule has 0 saturated heterocycles. The second-order valence-corrected chi connectivity index (χ2v) is 5.74. The van der Waals surface area contributed by atoms with E-state index < -0.39 is 34.8 Å². The summed E-state index contributed by atoms with van der Waals surface area (Å²) in [5.74, 6) is -0.799. The average Bonchev–Trinajstić information content (AvgIpc) is 2.33. The van der Waals surface area contributed by atoms with Gasteiger partial charge in [0.15, 0.2) is 0 Å². The fraction of sp³-hybridized carbons (Fsp3) is 0.500. The molecule has 1 saturated carbocycles. The van der Waals surface area contributed by atoms with E-state index in [0.717, 1.165) is 0 Å². The van der Waals surface area contributed by atoms with Crippen LogP contribution in [0.4, 0.5) is 26.3 Å². The van der Waals surface area contributed by atoms with Crippen molar-refractivity contribution < 1.29 is 31.1 Å². The summed E-state index contributed by atoms with van der Waals surface area (Å²) in [7, 11) is 0. The lowest BCUT2D eigenvalue weighted by Crippen LogP contribution is -2.43. The van der Waals surface area contributed by atoms with E-state index in [1.807, 2.05) is 0 Å². The monoisotopic (exact) mass is 310 g/mol. The third kappa shape index (κ3) is 2.78. The Hall–Kier alpha value is -1.53. The minimum atomic E-state index is -4.87. The zero-order chi connectivity index (χ0) is 16.2. The first-order chi connectivity index (χ1) is 9.33. The number of ketones is 1. The molecule has 0 N–H and O–H groups in total. The first kappa shape index (κ1) is 15.9. The number of halogens is 6. The molecule has 0 heterocycles. The summed E-state index contributed by atoms with van der Waals surface area (Å²) in [4.78, 5) is 11.5. The van der Waals surface area contributed by atoms with Gasteiger partial charge in [0.2, 0.25) is 0 Å². The fourth-order valence-electron chi connectivity index (χ4n) is 2.48. The summed E-state index contributed by atoms with van der Waals surface area (Å²) in [5.41, 5.74) is -3.72. The summed E-state index contributed by atoms with van der Waals surface area (Å²) in [6.45, 7) is 3.05. The van der Waals surface area contributed by atoms with E-state index in [2.05, 4.69) is 0 Å². The highest BCUT2D eigenvalue weighted by atomic mass is 19.4. The first-order valence-electron chi connectivity index (χ1n) is 6.16. The van der Waals surface area contributed by atoms with Crippen LogP contribution in [-0.2, 0) is 17.1 Å². The first-order valence-corrected chi connectivity index (χ1v) is 6.16. The van der Waals surface area contributed by atoms with Crippen LogP contribution in [0, 0.1) is 5.41 Å². The number of benzene rings is 1. The van der Waals surface area contributed by atoms with Gasteiger partial charge in [-0.15, -0.1) is 0 Å². The number of Topliss-reactive ketones (excluding diaryl/α,β-unsaturated/α-hetero) is 1. The van der Waals surface area contributed by atoms with Crippen molar-refractivity contribution in [3.8, 4) is 0 Å². The molecule has 0 aromatic heterocycles. The molecule has 1 aliphatic carbocycles. The summed E-state index contributed by atoms with van der Waals surface area (Å²) in [5, 5.41) is 0. The quantitative estimate of drug-likeness (QED) is 0.681. The fourth-order valence-corrected chi connectivity index (χ4v) is 2.48. The molecule has 116 valence electrons. The van der Waals surface area contributed by atoms with Gasteiger partial charge in [-0.3, -0.25) is 4.79 Å². The van der Waals surface area contributed by atoms with E-state index in [-0.39, 0.29) is 23.8 Å². The van der Waals surface area contributed by atoms with Gasteiger partial charge >= 0.3 is 12.4 Å². The third-order valence-corrected chi connectivity index (χ3v) is 3.99. The number of carbonyl (C=O) groups excluding carboxylic acids is 1. The zero-order valence-electron chi connectivity index (χ0n) is 11.2. The highest BCUT2D eigenvalue weighted by Gasteiger charge is 2.49. The molecule has 21 heavy (non-hydrogen) atoms. The smallest absolute Gasteiger partial charge is 0.299 e. The van der Waals surface area contributed by atoms with Crippen LogP contribution in [0.1, 0.15) is 42.9 Å². The van der Waals surface area contributed by atoms with Gasteiger partial charge in [0, 0.05) is 17.8 Å². The maximum absolute atomic E-state index is 12.8. The molecule has 1 unspecified atom stereocenters. The van der Waals surface area contributed by atoms with Crippen molar-refractivity contribution in [2.45, 2.75) is 38.5 Å². The summed E-state index contributed by atoms with van der Waals surface area (Å²) >= 11 is 0. The van der Waals surface area contributed by atoms with Gasteiger partial charge in [-0.2, -0.15) is 26.3 Å². The largest absolute Gasteiger partial charge is 0.416 e. The zero-order valence-corrected chi connectivity index (χ0v) is 11.2. The average molecular weight is 310 g/mol. The van der Waals surface area contributed by atoms with Gasteiger partial charge < -0.3 is 0 Å². The molecule has 1 aromatic rings. The molecule has 1 aromatic carbocycles. The molecule has 2 rings (SSSR count). The van der Waals surface area contributed by atoms with Crippen molar-refractivity contribution in [2.75, 3.05) is 0 Å². The van der Waals surface area contributed by atoms with Crippen LogP contribution in [0.3, 0.4) is 0 Å². The van der Waals surface area contributed by atoms with Crippen LogP contribution in [0.5, 0.6) is 0 Å². The highest BCUT2D eigenvalue weighted by Crippen LogP contribution is 2.51. The Balaban J connectivity index is 2.54. The number of rotatable bonds is 1. The molecule has 0 radical (unpaired) electrons. The van der Waals surface area contributed by atoms with Crippen LogP contribution >= 0.6 is 0 Å². The predicted octanol–water partition coefficient (Wildman–Crippen LogP) is 4.81. The highest BCUT2D eigenvalue weighted by molar-refractivity contribution is 5.92. The number of hydrogen-bond acceptors (Lipinski definition) is 1. The Morgan fingerprint density at radius 2 is 1.38 bits per heavy atom. The summed E-state index contributed by atoms with van der Waals surface area (Å²) in [6.07, 6.45) is -9.77. The van der Waals surface area contributed by atoms with Crippen molar-refractivity contribution in [1.82, 2.24) is 0 Å². The molecule has 0 amide bonds.